The molecule has 1 heterocycles. The van der Waals surface area contributed by atoms with Gasteiger partial charge in [0.05, 0.1) is 18.9 Å². The smallest absolute Gasteiger partial charge is 0.310 e. The highest BCUT2D eigenvalue weighted by molar-refractivity contribution is 5.80. The molecule has 1 saturated heterocycles. The molecule has 0 radical (unpaired) electrons. The minimum absolute atomic E-state index is 0.0284. The van der Waals surface area contributed by atoms with Gasteiger partial charge in [-0.3, -0.25) is 9.59 Å². The number of carboxylic acids is 1. The quantitative estimate of drug-likeness (QED) is 0.648. The maximum atomic E-state index is 11.2. The molecule has 74 valence electrons. The zero-order valence-corrected chi connectivity index (χ0v) is 7.52. The Balaban J connectivity index is 2.19. The molecule has 0 spiro atoms. The summed E-state index contributed by atoms with van der Waals surface area (Å²) < 4.78 is 4.74. The molecule has 0 unspecified atom stereocenters. The van der Waals surface area contributed by atoms with Crippen LogP contribution in [0, 0.1) is 5.92 Å². The van der Waals surface area contributed by atoms with Gasteiger partial charge >= 0.3 is 5.97 Å². The number of methoxy groups -OCH3 is 1. The molecule has 1 aliphatic heterocycles. The van der Waals surface area contributed by atoms with E-state index in [4.69, 9.17) is 9.84 Å². The maximum Gasteiger partial charge on any atom is 0.310 e. The van der Waals surface area contributed by atoms with E-state index in [9.17, 15) is 9.59 Å². The number of carboxylic acid groups (broad SMARTS) is 1. The van der Waals surface area contributed by atoms with E-state index >= 15 is 0 Å². The van der Waals surface area contributed by atoms with Crippen molar-refractivity contribution in [1.82, 2.24) is 4.90 Å². The molecular formula is C8H13NO4. The second-order valence-electron chi connectivity index (χ2n) is 3.08. The van der Waals surface area contributed by atoms with Gasteiger partial charge in [0.15, 0.2) is 0 Å². The van der Waals surface area contributed by atoms with Crippen LogP contribution in [0.2, 0.25) is 0 Å². The van der Waals surface area contributed by atoms with E-state index in [1.165, 1.54) is 12.0 Å². The standard InChI is InChI=1S/C8H13NO4/c1-13-3-2-7(10)9-4-6(5-9)8(11)12/h6H,2-5H2,1H3,(H,11,12). The van der Waals surface area contributed by atoms with Gasteiger partial charge in [-0.05, 0) is 0 Å². The molecule has 0 atom stereocenters. The monoisotopic (exact) mass is 187 g/mol. The molecule has 0 aromatic rings. The molecule has 0 bridgehead atoms. The van der Waals surface area contributed by atoms with Gasteiger partial charge in [0.25, 0.3) is 0 Å². The number of hydrogen-bond acceptors (Lipinski definition) is 3. The van der Waals surface area contributed by atoms with Crippen LogP contribution in [0.5, 0.6) is 0 Å². The number of aliphatic carboxylic acids is 1. The van der Waals surface area contributed by atoms with Crippen molar-refractivity contribution in [3.05, 3.63) is 0 Å². The first-order chi connectivity index (χ1) is 6.15. The predicted molar refractivity (Wildman–Crippen MR) is 44.2 cm³/mol. The number of amides is 1. The summed E-state index contributed by atoms with van der Waals surface area (Å²) in [5.41, 5.74) is 0. The lowest BCUT2D eigenvalue weighted by Gasteiger charge is -2.36. The highest BCUT2D eigenvalue weighted by Gasteiger charge is 2.34. The first kappa shape index (κ1) is 9.98. The summed E-state index contributed by atoms with van der Waals surface area (Å²) >= 11 is 0. The largest absolute Gasteiger partial charge is 0.481 e. The number of rotatable bonds is 4. The van der Waals surface area contributed by atoms with Gasteiger partial charge in [-0.1, -0.05) is 0 Å². The molecule has 1 N–H and O–H groups in total. The van der Waals surface area contributed by atoms with Crippen molar-refractivity contribution in [2.45, 2.75) is 6.42 Å². The van der Waals surface area contributed by atoms with Gasteiger partial charge in [-0.15, -0.1) is 0 Å². The number of hydrogen-bond donors (Lipinski definition) is 1. The number of likely N-dealkylation sites (tertiary alicyclic amines) is 1. The van der Waals surface area contributed by atoms with Crippen molar-refractivity contribution in [2.24, 2.45) is 5.92 Å². The van der Waals surface area contributed by atoms with Crippen molar-refractivity contribution in [2.75, 3.05) is 26.8 Å². The maximum absolute atomic E-state index is 11.2. The number of carbonyl (C=O) groups excluding carboxylic acids is 1. The van der Waals surface area contributed by atoms with Crippen LogP contribution in [-0.4, -0.2) is 48.7 Å². The Labute approximate surface area is 76.3 Å². The van der Waals surface area contributed by atoms with Crippen molar-refractivity contribution in [3.63, 3.8) is 0 Å². The Kier molecular flexibility index (Phi) is 3.25. The Bertz CT molecular complexity index is 210. The average Bonchev–Trinajstić information content (AvgIpc) is 1.97. The molecule has 1 amide bonds. The fourth-order valence-electron chi connectivity index (χ4n) is 1.19. The number of nitrogens with zero attached hydrogens (tertiary/aromatic N) is 1. The van der Waals surface area contributed by atoms with Crippen LogP contribution >= 0.6 is 0 Å². The molecular weight excluding hydrogens is 174 g/mol. The van der Waals surface area contributed by atoms with Crippen LogP contribution in [0.1, 0.15) is 6.42 Å². The van der Waals surface area contributed by atoms with Gasteiger partial charge in [0.1, 0.15) is 0 Å². The molecule has 0 aromatic carbocycles. The zero-order valence-electron chi connectivity index (χ0n) is 7.52. The normalized spacial score (nSPS) is 16.8. The van der Waals surface area contributed by atoms with Gasteiger partial charge in [-0.2, -0.15) is 0 Å². The van der Waals surface area contributed by atoms with E-state index in [-0.39, 0.29) is 11.8 Å². The predicted octanol–water partition coefficient (Wildman–Crippen LogP) is -0.434. The second kappa shape index (κ2) is 4.23. The zero-order chi connectivity index (χ0) is 9.84. The second-order valence-corrected chi connectivity index (χ2v) is 3.08. The van der Waals surface area contributed by atoms with E-state index < -0.39 is 5.97 Å². The topological polar surface area (TPSA) is 66.8 Å². The molecule has 0 aliphatic carbocycles. The molecule has 1 fully saturated rings. The van der Waals surface area contributed by atoms with Crippen molar-refractivity contribution >= 4 is 11.9 Å². The van der Waals surface area contributed by atoms with E-state index in [0.29, 0.717) is 26.1 Å². The van der Waals surface area contributed by atoms with Gasteiger partial charge in [0, 0.05) is 20.2 Å². The summed E-state index contributed by atoms with van der Waals surface area (Å²) in [5, 5.41) is 8.55. The summed E-state index contributed by atoms with van der Waals surface area (Å²) in [5.74, 6) is -1.22. The molecule has 13 heavy (non-hydrogen) atoms. The minimum Gasteiger partial charge on any atom is -0.481 e. The third-order valence-electron chi connectivity index (χ3n) is 2.10. The van der Waals surface area contributed by atoms with Gasteiger partial charge in [0.2, 0.25) is 5.91 Å². The molecule has 0 aromatic heterocycles. The highest BCUT2D eigenvalue weighted by atomic mass is 16.5. The molecule has 5 heteroatoms. The van der Waals surface area contributed by atoms with E-state index in [0.717, 1.165) is 0 Å². The summed E-state index contributed by atoms with van der Waals surface area (Å²) in [6.07, 6.45) is 0.336. The summed E-state index contributed by atoms with van der Waals surface area (Å²) in [7, 11) is 1.53. The lowest BCUT2D eigenvalue weighted by atomic mass is 10.0. The molecule has 5 nitrogen and oxygen atoms in total. The SMILES string of the molecule is COCCC(=O)N1CC(C(=O)O)C1. The number of ether oxygens (including phenoxy) is 1. The van der Waals surface area contributed by atoms with Crippen LogP contribution in [0.15, 0.2) is 0 Å². The van der Waals surface area contributed by atoms with E-state index in [2.05, 4.69) is 0 Å². The third-order valence-corrected chi connectivity index (χ3v) is 2.10. The van der Waals surface area contributed by atoms with Crippen molar-refractivity contribution in [1.29, 1.82) is 0 Å². The third kappa shape index (κ3) is 2.42. The summed E-state index contributed by atoms with van der Waals surface area (Å²) in [6, 6.07) is 0. The Morgan fingerprint density at radius 1 is 1.54 bits per heavy atom. The van der Waals surface area contributed by atoms with Crippen LogP contribution in [0.3, 0.4) is 0 Å². The minimum atomic E-state index is -0.823. The molecule has 1 rings (SSSR count). The Morgan fingerprint density at radius 2 is 2.15 bits per heavy atom. The van der Waals surface area contributed by atoms with Crippen LogP contribution in [0.25, 0.3) is 0 Å². The van der Waals surface area contributed by atoms with Gasteiger partial charge in [-0.25, -0.2) is 0 Å². The lowest BCUT2D eigenvalue weighted by Crippen LogP contribution is -2.53. The Morgan fingerprint density at radius 3 is 2.62 bits per heavy atom. The highest BCUT2D eigenvalue weighted by Crippen LogP contribution is 2.16. The van der Waals surface area contributed by atoms with Crippen molar-refractivity contribution < 1.29 is 19.4 Å². The van der Waals surface area contributed by atoms with Crippen LogP contribution in [0.4, 0.5) is 0 Å². The van der Waals surface area contributed by atoms with E-state index in [1.54, 1.807) is 0 Å². The summed E-state index contributed by atoms with van der Waals surface area (Å²) in [4.78, 5) is 23.1. The Hall–Kier alpha value is -1.10. The number of carbonyl (C=O) groups is 2. The first-order valence-corrected chi connectivity index (χ1v) is 4.14. The fourth-order valence-corrected chi connectivity index (χ4v) is 1.19. The fraction of sp³-hybridized carbons (Fsp3) is 0.750. The first-order valence-electron chi connectivity index (χ1n) is 4.14. The van der Waals surface area contributed by atoms with E-state index in [1.807, 2.05) is 0 Å². The lowest BCUT2D eigenvalue weighted by molar-refractivity contribution is -0.153. The van der Waals surface area contributed by atoms with Crippen molar-refractivity contribution in [3.8, 4) is 0 Å². The van der Waals surface area contributed by atoms with Gasteiger partial charge < -0.3 is 14.7 Å². The molecule has 0 saturated carbocycles. The summed E-state index contributed by atoms with van der Waals surface area (Å²) in [6.45, 7) is 1.09. The molecule has 1 aliphatic rings. The van der Waals surface area contributed by atoms with Crippen LogP contribution in [-0.2, 0) is 14.3 Å². The average molecular weight is 187 g/mol. The van der Waals surface area contributed by atoms with Crippen LogP contribution < -0.4 is 0 Å².